The Morgan fingerprint density at radius 3 is 2.83 bits per heavy atom. The molecule has 3 rings (SSSR count). The quantitative estimate of drug-likeness (QED) is 0.817. The number of benzene rings is 1. The van der Waals surface area contributed by atoms with Crippen LogP contribution in [0.25, 0.3) is 10.9 Å². The number of esters is 1. The van der Waals surface area contributed by atoms with E-state index in [-0.39, 0.29) is 17.5 Å². The summed E-state index contributed by atoms with van der Waals surface area (Å²) in [5.74, 6) is -0.119. The van der Waals surface area contributed by atoms with E-state index in [0.29, 0.717) is 23.4 Å². The highest BCUT2D eigenvalue weighted by Crippen LogP contribution is 2.31. The van der Waals surface area contributed by atoms with Crippen molar-refractivity contribution in [3.63, 3.8) is 0 Å². The lowest BCUT2D eigenvalue weighted by molar-refractivity contribution is -0.146. The van der Waals surface area contributed by atoms with Gasteiger partial charge in [0.15, 0.2) is 0 Å². The molecular formula is C17H18FN3O2. The molecular weight excluding hydrogens is 297 g/mol. The largest absolute Gasteiger partial charge is 0.469 e. The van der Waals surface area contributed by atoms with Crippen molar-refractivity contribution in [2.45, 2.75) is 32.2 Å². The van der Waals surface area contributed by atoms with Crippen LogP contribution >= 0.6 is 0 Å². The number of carbonyl (C=O) groups is 1. The first-order valence-electron chi connectivity index (χ1n) is 7.75. The zero-order valence-electron chi connectivity index (χ0n) is 13.0. The Hall–Kier alpha value is -2.42. The summed E-state index contributed by atoms with van der Waals surface area (Å²) in [6.07, 6.45) is 5.21. The molecule has 120 valence electrons. The smallest absolute Gasteiger partial charge is 0.308 e. The average molecular weight is 315 g/mol. The predicted octanol–water partition coefficient (Wildman–Crippen LogP) is 3.03. The number of hydrogen-bond donors (Lipinski definition) is 0. The van der Waals surface area contributed by atoms with Gasteiger partial charge in [0.1, 0.15) is 5.82 Å². The van der Waals surface area contributed by atoms with Crippen LogP contribution in [0.2, 0.25) is 0 Å². The minimum Gasteiger partial charge on any atom is -0.469 e. The second-order valence-electron chi connectivity index (χ2n) is 6.09. The fourth-order valence-electron chi connectivity index (χ4n) is 3.30. The number of ether oxygens (including phenoxy) is 1. The maximum atomic E-state index is 13.9. The van der Waals surface area contributed by atoms with Gasteiger partial charge in [-0.2, -0.15) is 10.4 Å². The van der Waals surface area contributed by atoms with E-state index in [4.69, 9.17) is 10.00 Å². The van der Waals surface area contributed by atoms with Gasteiger partial charge < -0.3 is 4.74 Å². The van der Waals surface area contributed by atoms with Crippen molar-refractivity contribution in [1.82, 2.24) is 9.78 Å². The van der Waals surface area contributed by atoms with E-state index >= 15 is 0 Å². The third-order valence-electron chi connectivity index (χ3n) is 4.58. The van der Waals surface area contributed by atoms with E-state index in [1.807, 2.05) is 6.07 Å². The van der Waals surface area contributed by atoms with Crippen molar-refractivity contribution in [3.8, 4) is 6.07 Å². The fourth-order valence-corrected chi connectivity index (χ4v) is 3.30. The maximum Gasteiger partial charge on any atom is 0.308 e. The van der Waals surface area contributed by atoms with Gasteiger partial charge in [0.2, 0.25) is 0 Å². The van der Waals surface area contributed by atoms with E-state index in [0.717, 1.165) is 25.7 Å². The molecule has 1 aliphatic carbocycles. The summed E-state index contributed by atoms with van der Waals surface area (Å²) in [6.45, 7) is 0.698. The van der Waals surface area contributed by atoms with Crippen molar-refractivity contribution in [2.75, 3.05) is 7.11 Å². The monoisotopic (exact) mass is 315 g/mol. The van der Waals surface area contributed by atoms with Gasteiger partial charge in [-0.15, -0.1) is 0 Å². The van der Waals surface area contributed by atoms with Crippen LogP contribution < -0.4 is 0 Å². The molecule has 0 aliphatic heterocycles. The molecule has 0 radical (unpaired) electrons. The second-order valence-corrected chi connectivity index (χ2v) is 6.09. The molecule has 2 aromatic rings. The molecule has 0 unspecified atom stereocenters. The highest BCUT2D eigenvalue weighted by molar-refractivity contribution is 5.80. The lowest BCUT2D eigenvalue weighted by Gasteiger charge is -2.26. The molecule has 1 aliphatic rings. The van der Waals surface area contributed by atoms with Gasteiger partial charge in [0, 0.05) is 12.7 Å². The zero-order chi connectivity index (χ0) is 16.4. The van der Waals surface area contributed by atoms with Gasteiger partial charge in [0.25, 0.3) is 0 Å². The number of nitrogens with zero attached hydrogens (tertiary/aromatic N) is 3. The number of nitriles is 1. The average Bonchev–Trinajstić information content (AvgIpc) is 2.97. The molecule has 0 saturated heterocycles. The van der Waals surface area contributed by atoms with E-state index in [1.165, 1.54) is 13.2 Å². The van der Waals surface area contributed by atoms with Crippen molar-refractivity contribution in [1.29, 1.82) is 5.26 Å². The SMILES string of the molecule is COC(=O)[C@H]1CC[C@H](Cn2cc3c(F)cc(C#N)cc3n2)CC1. The third kappa shape index (κ3) is 3.19. The Balaban J connectivity index is 1.70. The summed E-state index contributed by atoms with van der Waals surface area (Å²) < 4.78 is 20.5. The Kier molecular flexibility index (Phi) is 4.28. The molecule has 0 spiro atoms. The normalized spacial score (nSPS) is 21.1. The molecule has 0 amide bonds. The topological polar surface area (TPSA) is 67.9 Å². The zero-order valence-corrected chi connectivity index (χ0v) is 13.0. The summed E-state index contributed by atoms with van der Waals surface area (Å²) in [5.41, 5.74) is 0.781. The minimum absolute atomic E-state index is 0.00331. The highest BCUT2D eigenvalue weighted by Gasteiger charge is 2.27. The van der Waals surface area contributed by atoms with Crippen LogP contribution in [0.1, 0.15) is 31.2 Å². The van der Waals surface area contributed by atoms with Crippen LogP contribution in [-0.4, -0.2) is 22.9 Å². The molecule has 1 heterocycles. The Morgan fingerprint density at radius 2 is 2.17 bits per heavy atom. The summed E-state index contributed by atoms with van der Waals surface area (Å²) in [5, 5.41) is 13.7. The summed E-state index contributed by atoms with van der Waals surface area (Å²) in [7, 11) is 1.42. The summed E-state index contributed by atoms with van der Waals surface area (Å²) in [4.78, 5) is 11.5. The molecule has 0 atom stereocenters. The number of carbonyl (C=O) groups excluding carboxylic acids is 1. The van der Waals surface area contributed by atoms with Gasteiger partial charge in [-0.3, -0.25) is 9.48 Å². The van der Waals surface area contributed by atoms with Crippen LogP contribution in [0.5, 0.6) is 0 Å². The third-order valence-corrected chi connectivity index (χ3v) is 4.58. The molecule has 1 fully saturated rings. The van der Waals surface area contributed by atoms with Gasteiger partial charge >= 0.3 is 5.97 Å². The molecule has 1 aromatic carbocycles. The van der Waals surface area contributed by atoms with Crippen LogP contribution in [-0.2, 0) is 16.1 Å². The Morgan fingerprint density at radius 1 is 1.43 bits per heavy atom. The molecule has 0 N–H and O–H groups in total. The fraction of sp³-hybridized carbons (Fsp3) is 0.471. The molecule has 6 heteroatoms. The highest BCUT2D eigenvalue weighted by atomic mass is 19.1. The Bertz CT molecular complexity index is 770. The van der Waals surface area contributed by atoms with Crippen LogP contribution in [0.15, 0.2) is 18.3 Å². The van der Waals surface area contributed by atoms with E-state index in [9.17, 15) is 9.18 Å². The molecule has 5 nitrogen and oxygen atoms in total. The summed E-state index contributed by atoms with van der Waals surface area (Å²) in [6, 6.07) is 4.77. The number of rotatable bonds is 3. The van der Waals surface area contributed by atoms with Crippen LogP contribution in [0.3, 0.4) is 0 Å². The Labute approximate surface area is 133 Å². The van der Waals surface area contributed by atoms with Crippen LogP contribution in [0, 0.1) is 29.0 Å². The minimum atomic E-state index is -0.417. The number of methoxy groups -OCH3 is 1. The van der Waals surface area contributed by atoms with Crippen LogP contribution in [0.4, 0.5) is 4.39 Å². The van der Waals surface area contributed by atoms with Gasteiger partial charge in [-0.25, -0.2) is 4.39 Å². The molecule has 23 heavy (non-hydrogen) atoms. The van der Waals surface area contributed by atoms with Crippen molar-refractivity contribution < 1.29 is 13.9 Å². The summed E-state index contributed by atoms with van der Waals surface area (Å²) >= 11 is 0. The first kappa shape index (κ1) is 15.5. The number of hydrogen-bond acceptors (Lipinski definition) is 4. The van der Waals surface area contributed by atoms with Gasteiger partial charge in [-0.05, 0) is 43.7 Å². The molecule has 1 saturated carbocycles. The van der Waals surface area contributed by atoms with Gasteiger partial charge in [-0.1, -0.05) is 0 Å². The second kappa shape index (κ2) is 6.37. The maximum absolute atomic E-state index is 13.9. The van der Waals surface area contributed by atoms with Gasteiger partial charge in [0.05, 0.1) is 35.6 Å². The molecule has 1 aromatic heterocycles. The lowest BCUT2D eigenvalue weighted by atomic mass is 9.82. The van der Waals surface area contributed by atoms with Crippen molar-refractivity contribution in [2.24, 2.45) is 11.8 Å². The predicted molar refractivity (Wildman–Crippen MR) is 81.9 cm³/mol. The van der Waals surface area contributed by atoms with E-state index in [1.54, 1.807) is 16.9 Å². The first-order chi connectivity index (χ1) is 11.1. The molecule has 0 bridgehead atoms. The van der Waals surface area contributed by atoms with E-state index < -0.39 is 5.82 Å². The first-order valence-corrected chi connectivity index (χ1v) is 7.75. The number of fused-ring (bicyclic) bond motifs is 1. The van der Waals surface area contributed by atoms with E-state index in [2.05, 4.69) is 5.10 Å². The van der Waals surface area contributed by atoms with Crippen molar-refractivity contribution in [3.05, 3.63) is 29.7 Å². The lowest BCUT2D eigenvalue weighted by Crippen LogP contribution is -2.25. The number of aromatic nitrogens is 2. The number of halogens is 1. The standard InChI is InChI=1S/C17H18FN3O2/c1-23-17(22)13-4-2-11(3-5-13)9-21-10-14-15(18)6-12(8-19)7-16(14)20-21/h6-7,10-11,13H,2-5,9H2,1H3/t11-,13-. The van der Waals surface area contributed by atoms with Crippen molar-refractivity contribution >= 4 is 16.9 Å².